The zero-order valence-corrected chi connectivity index (χ0v) is 17.0. The first-order valence-corrected chi connectivity index (χ1v) is 9.73. The Hall–Kier alpha value is -1.51. The number of halogens is 2. The van der Waals surface area contributed by atoms with E-state index >= 15 is 0 Å². The van der Waals surface area contributed by atoms with Crippen molar-refractivity contribution in [2.45, 2.75) is 6.92 Å². The van der Waals surface area contributed by atoms with Crippen LogP contribution in [0.25, 0.3) is 6.08 Å². The summed E-state index contributed by atoms with van der Waals surface area (Å²) < 4.78 is 1.13. The van der Waals surface area contributed by atoms with Gasteiger partial charge in [-0.15, -0.1) is 0 Å². The van der Waals surface area contributed by atoms with Crippen molar-refractivity contribution in [3.05, 3.63) is 67.1 Å². The molecule has 1 N–H and O–H groups in total. The Morgan fingerprint density at radius 1 is 1.24 bits per heavy atom. The maximum absolute atomic E-state index is 12.5. The van der Waals surface area contributed by atoms with Gasteiger partial charge in [0.25, 0.3) is 11.1 Å². The van der Waals surface area contributed by atoms with Gasteiger partial charge in [-0.25, -0.2) is 0 Å². The van der Waals surface area contributed by atoms with Crippen molar-refractivity contribution in [2.75, 3.05) is 12.0 Å². The molecule has 0 unspecified atom stereocenters. The normalized spacial score (nSPS) is 16.0. The number of carbonyl (C=O) groups is 2. The van der Waals surface area contributed by atoms with Gasteiger partial charge < -0.3 is 5.32 Å². The number of amides is 2. The Balaban J connectivity index is 1.74. The second kappa shape index (κ2) is 7.80. The van der Waals surface area contributed by atoms with Crippen molar-refractivity contribution in [1.29, 1.82) is 0 Å². The lowest BCUT2D eigenvalue weighted by Crippen LogP contribution is -2.33. The SMILES string of the molecule is Cc1cc(I)ccc1NCN1C(=O)SC(=Cc2ccccc2Cl)C1=O. The third kappa shape index (κ3) is 4.19. The largest absolute Gasteiger partial charge is 0.367 e. The van der Waals surface area contributed by atoms with Crippen LogP contribution in [-0.2, 0) is 4.79 Å². The molecule has 0 atom stereocenters. The zero-order valence-electron chi connectivity index (χ0n) is 13.3. The van der Waals surface area contributed by atoms with Gasteiger partial charge in [0, 0.05) is 14.3 Å². The Labute approximate surface area is 168 Å². The Morgan fingerprint density at radius 3 is 2.72 bits per heavy atom. The topological polar surface area (TPSA) is 49.4 Å². The number of aryl methyl sites for hydroxylation is 1. The van der Waals surface area contributed by atoms with Gasteiger partial charge in [-0.1, -0.05) is 29.8 Å². The van der Waals surface area contributed by atoms with Gasteiger partial charge in [-0.05, 0) is 82.7 Å². The molecule has 0 aromatic heterocycles. The van der Waals surface area contributed by atoms with Crippen molar-refractivity contribution in [3.63, 3.8) is 0 Å². The summed E-state index contributed by atoms with van der Waals surface area (Å²) in [5.74, 6) is -0.314. The van der Waals surface area contributed by atoms with E-state index in [0.29, 0.717) is 9.93 Å². The molecule has 1 fully saturated rings. The fourth-order valence-corrected chi connectivity index (χ4v) is 4.03. The fourth-order valence-electron chi connectivity index (χ4n) is 2.36. The highest BCUT2D eigenvalue weighted by molar-refractivity contribution is 14.1. The van der Waals surface area contributed by atoms with Crippen LogP contribution in [0.1, 0.15) is 11.1 Å². The predicted molar refractivity (Wildman–Crippen MR) is 112 cm³/mol. The highest BCUT2D eigenvalue weighted by Crippen LogP contribution is 2.33. The molecule has 1 saturated heterocycles. The number of hydrogen-bond donors (Lipinski definition) is 1. The predicted octanol–water partition coefficient (Wildman–Crippen LogP) is 5.36. The zero-order chi connectivity index (χ0) is 18.0. The Kier molecular flexibility index (Phi) is 5.71. The number of rotatable bonds is 4. The monoisotopic (exact) mass is 484 g/mol. The van der Waals surface area contributed by atoms with Gasteiger partial charge in [-0.2, -0.15) is 0 Å². The van der Waals surface area contributed by atoms with Crippen molar-refractivity contribution in [1.82, 2.24) is 4.90 Å². The molecule has 2 amide bonds. The summed E-state index contributed by atoms with van der Waals surface area (Å²) >= 11 is 9.29. The van der Waals surface area contributed by atoms with Crippen molar-refractivity contribution in [2.24, 2.45) is 0 Å². The molecule has 2 aromatic rings. The summed E-state index contributed by atoms with van der Waals surface area (Å²) in [6.07, 6.45) is 1.66. The van der Waals surface area contributed by atoms with Crippen LogP contribution in [0.15, 0.2) is 47.4 Å². The first-order chi connectivity index (χ1) is 12.0. The van der Waals surface area contributed by atoms with E-state index in [1.165, 1.54) is 4.90 Å². The summed E-state index contributed by atoms with van der Waals surface area (Å²) in [5.41, 5.74) is 2.68. The van der Waals surface area contributed by atoms with Crippen LogP contribution in [0.3, 0.4) is 0 Å². The minimum absolute atomic E-state index is 0.131. The van der Waals surface area contributed by atoms with Crippen molar-refractivity contribution < 1.29 is 9.59 Å². The molecular formula is C18H14ClIN2O2S. The molecule has 0 saturated carbocycles. The highest BCUT2D eigenvalue weighted by Gasteiger charge is 2.34. The van der Waals surface area contributed by atoms with E-state index in [1.54, 1.807) is 12.1 Å². The average molecular weight is 485 g/mol. The third-order valence-electron chi connectivity index (χ3n) is 3.68. The van der Waals surface area contributed by atoms with Gasteiger partial charge >= 0.3 is 0 Å². The van der Waals surface area contributed by atoms with Crippen LogP contribution in [0.2, 0.25) is 5.02 Å². The van der Waals surface area contributed by atoms with E-state index in [9.17, 15) is 9.59 Å². The highest BCUT2D eigenvalue weighted by atomic mass is 127. The number of benzene rings is 2. The molecule has 1 heterocycles. The molecular weight excluding hydrogens is 471 g/mol. The molecule has 3 rings (SSSR count). The second-order valence-electron chi connectivity index (χ2n) is 5.43. The first kappa shape index (κ1) is 18.3. The molecule has 1 aliphatic rings. The standard InChI is InChI=1S/C18H14ClIN2O2S/c1-11-8-13(20)6-7-15(11)21-10-22-17(23)16(25-18(22)24)9-12-4-2-3-5-14(12)19/h2-9,21H,10H2,1H3. The molecule has 25 heavy (non-hydrogen) atoms. The number of imide groups is 1. The molecule has 0 spiro atoms. The third-order valence-corrected chi connectivity index (χ3v) is 5.60. The Bertz CT molecular complexity index is 885. The lowest BCUT2D eigenvalue weighted by molar-refractivity contribution is -0.122. The maximum atomic E-state index is 12.5. The lowest BCUT2D eigenvalue weighted by Gasteiger charge is -2.16. The molecule has 128 valence electrons. The molecule has 4 nitrogen and oxygen atoms in total. The van der Waals surface area contributed by atoms with E-state index in [-0.39, 0.29) is 17.8 Å². The lowest BCUT2D eigenvalue weighted by atomic mass is 10.2. The second-order valence-corrected chi connectivity index (χ2v) is 8.07. The van der Waals surface area contributed by atoms with Gasteiger partial charge in [0.15, 0.2) is 0 Å². The van der Waals surface area contributed by atoms with E-state index in [2.05, 4.69) is 27.9 Å². The van der Waals surface area contributed by atoms with E-state index in [0.717, 1.165) is 32.1 Å². The molecule has 0 aliphatic carbocycles. The summed E-state index contributed by atoms with van der Waals surface area (Å²) in [5, 5.41) is 3.40. The van der Waals surface area contributed by atoms with Crippen LogP contribution in [0, 0.1) is 10.5 Å². The van der Waals surface area contributed by atoms with Gasteiger partial charge in [0.2, 0.25) is 0 Å². The van der Waals surface area contributed by atoms with Crippen LogP contribution in [0.4, 0.5) is 10.5 Å². The first-order valence-electron chi connectivity index (χ1n) is 7.45. The summed E-state index contributed by atoms with van der Waals surface area (Å²) in [7, 11) is 0. The summed E-state index contributed by atoms with van der Waals surface area (Å²) in [4.78, 5) is 26.3. The van der Waals surface area contributed by atoms with E-state index in [1.807, 2.05) is 43.3 Å². The Morgan fingerprint density at radius 2 is 2.00 bits per heavy atom. The van der Waals surface area contributed by atoms with Crippen LogP contribution in [-0.4, -0.2) is 22.7 Å². The van der Waals surface area contributed by atoms with Crippen molar-refractivity contribution >= 4 is 68.9 Å². The number of nitrogens with one attached hydrogen (secondary N) is 1. The van der Waals surface area contributed by atoms with Crippen LogP contribution in [0.5, 0.6) is 0 Å². The molecule has 0 radical (unpaired) electrons. The molecule has 2 aromatic carbocycles. The number of anilines is 1. The maximum Gasteiger partial charge on any atom is 0.295 e. The van der Waals surface area contributed by atoms with Crippen LogP contribution < -0.4 is 5.32 Å². The number of carbonyl (C=O) groups excluding carboxylic acids is 2. The van der Waals surface area contributed by atoms with Gasteiger partial charge in [0.05, 0.1) is 11.6 Å². The molecule has 1 aliphatic heterocycles. The van der Waals surface area contributed by atoms with E-state index < -0.39 is 0 Å². The number of thioether (sulfide) groups is 1. The van der Waals surface area contributed by atoms with Gasteiger partial charge in [0.1, 0.15) is 0 Å². The fraction of sp³-hybridized carbons (Fsp3) is 0.111. The van der Waals surface area contributed by atoms with Crippen molar-refractivity contribution in [3.8, 4) is 0 Å². The minimum atomic E-state index is -0.314. The number of hydrogen-bond acceptors (Lipinski definition) is 4. The van der Waals surface area contributed by atoms with Crippen LogP contribution >= 0.6 is 46.0 Å². The smallest absolute Gasteiger partial charge is 0.295 e. The van der Waals surface area contributed by atoms with E-state index in [4.69, 9.17) is 11.6 Å². The minimum Gasteiger partial charge on any atom is -0.367 e. The number of nitrogens with zero attached hydrogens (tertiary/aromatic N) is 1. The summed E-state index contributed by atoms with van der Waals surface area (Å²) in [6, 6.07) is 13.2. The molecule has 7 heteroatoms. The summed E-state index contributed by atoms with van der Waals surface area (Å²) in [6.45, 7) is 2.11. The molecule has 0 bridgehead atoms. The average Bonchev–Trinajstić information content (AvgIpc) is 2.83. The van der Waals surface area contributed by atoms with Gasteiger partial charge in [-0.3, -0.25) is 14.5 Å². The quantitative estimate of drug-likeness (QED) is 0.469.